The topological polar surface area (TPSA) is 63.6 Å². The van der Waals surface area contributed by atoms with Gasteiger partial charge in [0, 0.05) is 12.6 Å². The molecule has 0 spiro atoms. The summed E-state index contributed by atoms with van der Waals surface area (Å²) in [5.74, 6) is 1.10. The van der Waals surface area contributed by atoms with Gasteiger partial charge in [-0.05, 0) is 18.2 Å². The van der Waals surface area contributed by atoms with Crippen molar-refractivity contribution < 1.29 is 14.6 Å². The van der Waals surface area contributed by atoms with Crippen molar-refractivity contribution in [3.63, 3.8) is 0 Å². The highest BCUT2D eigenvalue weighted by Gasteiger charge is 2.07. The molecule has 2 aromatic rings. The first-order valence-corrected chi connectivity index (χ1v) is 6.86. The summed E-state index contributed by atoms with van der Waals surface area (Å²) in [6.45, 7) is 0.499. The third-order valence-corrected chi connectivity index (χ3v) is 3.07. The summed E-state index contributed by atoms with van der Waals surface area (Å²) in [5, 5.41) is 13.5. The molecule has 0 aliphatic carbocycles. The SMILES string of the molecule is COc1ccc(NCC(O)COc2ccccc2Cl)cn1. The van der Waals surface area contributed by atoms with Gasteiger partial charge in [-0.25, -0.2) is 4.98 Å². The Morgan fingerprint density at radius 2 is 2.10 bits per heavy atom. The smallest absolute Gasteiger partial charge is 0.213 e. The average molecular weight is 309 g/mol. The van der Waals surface area contributed by atoms with Gasteiger partial charge in [-0.2, -0.15) is 0 Å². The summed E-state index contributed by atoms with van der Waals surface area (Å²) >= 11 is 5.97. The molecule has 2 rings (SSSR count). The molecule has 1 unspecified atom stereocenters. The van der Waals surface area contributed by atoms with E-state index in [9.17, 15) is 5.11 Å². The van der Waals surface area contributed by atoms with E-state index in [1.807, 2.05) is 18.2 Å². The number of hydrogen-bond acceptors (Lipinski definition) is 5. The molecule has 0 amide bonds. The van der Waals surface area contributed by atoms with Gasteiger partial charge in [0.1, 0.15) is 18.5 Å². The molecule has 0 saturated heterocycles. The van der Waals surface area contributed by atoms with Crippen molar-refractivity contribution in [2.75, 3.05) is 25.6 Å². The van der Waals surface area contributed by atoms with Crippen molar-refractivity contribution in [2.45, 2.75) is 6.10 Å². The first-order chi connectivity index (χ1) is 10.2. The third-order valence-electron chi connectivity index (χ3n) is 2.76. The molecular formula is C15H17ClN2O3. The molecule has 2 N–H and O–H groups in total. The number of aromatic nitrogens is 1. The number of nitrogens with zero attached hydrogens (tertiary/aromatic N) is 1. The summed E-state index contributed by atoms with van der Waals surface area (Å²) < 4.78 is 10.4. The minimum Gasteiger partial charge on any atom is -0.489 e. The Morgan fingerprint density at radius 1 is 1.29 bits per heavy atom. The number of halogens is 1. The van der Waals surface area contributed by atoms with E-state index in [-0.39, 0.29) is 6.61 Å². The molecule has 0 bridgehead atoms. The molecule has 1 aromatic heterocycles. The van der Waals surface area contributed by atoms with E-state index in [0.717, 1.165) is 5.69 Å². The largest absolute Gasteiger partial charge is 0.489 e. The molecule has 21 heavy (non-hydrogen) atoms. The van der Waals surface area contributed by atoms with Crippen molar-refractivity contribution in [1.29, 1.82) is 0 Å². The number of rotatable bonds is 7. The zero-order valence-electron chi connectivity index (χ0n) is 11.6. The van der Waals surface area contributed by atoms with Crippen LogP contribution in [0, 0.1) is 0 Å². The molecule has 112 valence electrons. The van der Waals surface area contributed by atoms with E-state index in [1.165, 1.54) is 0 Å². The Bertz CT molecular complexity index is 563. The van der Waals surface area contributed by atoms with E-state index < -0.39 is 6.10 Å². The number of pyridine rings is 1. The fourth-order valence-electron chi connectivity index (χ4n) is 1.65. The maximum Gasteiger partial charge on any atom is 0.213 e. The Hall–Kier alpha value is -1.98. The number of methoxy groups -OCH3 is 1. The number of nitrogens with one attached hydrogen (secondary N) is 1. The second-order valence-corrected chi connectivity index (χ2v) is 4.77. The molecule has 6 heteroatoms. The van der Waals surface area contributed by atoms with Crippen molar-refractivity contribution in [3.8, 4) is 11.6 Å². The van der Waals surface area contributed by atoms with Crippen LogP contribution in [-0.4, -0.2) is 36.5 Å². The Labute approximate surface area is 128 Å². The monoisotopic (exact) mass is 308 g/mol. The zero-order valence-corrected chi connectivity index (χ0v) is 12.4. The number of ether oxygens (including phenoxy) is 2. The summed E-state index contributed by atoms with van der Waals surface area (Å²) in [6.07, 6.45) is 0.976. The van der Waals surface area contributed by atoms with E-state index in [4.69, 9.17) is 21.1 Å². The number of anilines is 1. The van der Waals surface area contributed by atoms with Crippen LogP contribution in [0.1, 0.15) is 0 Å². The molecular weight excluding hydrogens is 292 g/mol. The number of benzene rings is 1. The third kappa shape index (κ3) is 4.81. The van der Waals surface area contributed by atoms with Gasteiger partial charge in [-0.3, -0.25) is 0 Å². The van der Waals surface area contributed by atoms with Gasteiger partial charge in [0.15, 0.2) is 0 Å². The van der Waals surface area contributed by atoms with Gasteiger partial charge < -0.3 is 19.9 Å². The van der Waals surface area contributed by atoms with Crippen molar-refractivity contribution in [1.82, 2.24) is 4.98 Å². The lowest BCUT2D eigenvalue weighted by atomic mass is 10.3. The van der Waals surface area contributed by atoms with Crippen LogP contribution in [0.25, 0.3) is 0 Å². The van der Waals surface area contributed by atoms with Gasteiger partial charge in [-0.15, -0.1) is 0 Å². The molecule has 0 fully saturated rings. The molecule has 1 atom stereocenters. The van der Waals surface area contributed by atoms with Crippen LogP contribution in [-0.2, 0) is 0 Å². The second-order valence-electron chi connectivity index (χ2n) is 4.37. The van der Waals surface area contributed by atoms with Gasteiger partial charge >= 0.3 is 0 Å². The van der Waals surface area contributed by atoms with Crippen LogP contribution in [0.5, 0.6) is 11.6 Å². The Balaban J connectivity index is 1.76. The standard InChI is InChI=1S/C15H17ClN2O3/c1-20-15-7-6-11(8-18-15)17-9-12(19)10-21-14-5-3-2-4-13(14)16/h2-8,12,17,19H,9-10H2,1H3. The Kier molecular flexibility index (Phi) is 5.66. The molecule has 0 aliphatic heterocycles. The highest BCUT2D eigenvalue weighted by Crippen LogP contribution is 2.23. The van der Waals surface area contributed by atoms with Crippen molar-refractivity contribution in [2.24, 2.45) is 0 Å². The van der Waals surface area contributed by atoms with Crippen LogP contribution in [0.15, 0.2) is 42.6 Å². The lowest BCUT2D eigenvalue weighted by Gasteiger charge is -2.14. The fourth-order valence-corrected chi connectivity index (χ4v) is 1.84. The average Bonchev–Trinajstić information content (AvgIpc) is 2.52. The summed E-state index contributed by atoms with van der Waals surface area (Å²) in [7, 11) is 1.56. The van der Waals surface area contributed by atoms with E-state index in [1.54, 1.807) is 31.5 Å². The summed E-state index contributed by atoms with van der Waals surface area (Å²) in [4.78, 5) is 4.07. The van der Waals surface area contributed by atoms with Crippen LogP contribution < -0.4 is 14.8 Å². The first-order valence-electron chi connectivity index (χ1n) is 6.48. The summed E-state index contributed by atoms with van der Waals surface area (Å²) in [5.41, 5.74) is 0.799. The molecule has 1 heterocycles. The first kappa shape index (κ1) is 15.4. The Morgan fingerprint density at radius 3 is 2.76 bits per heavy atom. The van der Waals surface area contributed by atoms with Crippen molar-refractivity contribution >= 4 is 17.3 Å². The molecule has 0 aliphatic rings. The predicted molar refractivity (Wildman–Crippen MR) is 82.2 cm³/mol. The van der Waals surface area contributed by atoms with Crippen LogP contribution in [0.4, 0.5) is 5.69 Å². The maximum absolute atomic E-state index is 9.89. The molecule has 1 aromatic carbocycles. The zero-order chi connectivity index (χ0) is 15.1. The van der Waals surface area contributed by atoms with Gasteiger partial charge in [-0.1, -0.05) is 23.7 Å². The predicted octanol–water partition coefficient (Wildman–Crippen LogP) is 2.60. The lowest BCUT2D eigenvalue weighted by molar-refractivity contribution is 0.117. The molecule has 0 saturated carbocycles. The van der Waals surface area contributed by atoms with Gasteiger partial charge in [0.2, 0.25) is 5.88 Å². The molecule has 5 nitrogen and oxygen atoms in total. The fraction of sp³-hybridized carbons (Fsp3) is 0.267. The number of para-hydroxylation sites is 1. The number of aliphatic hydroxyl groups excluding tert-OH is 1. The van der Waals surface area contributed by atoms with Crippen LogP contribution in [0.2, 0.25) is 5.02 Å². The van der Waals surface area contributed by atoms with Crippen LogP contribution >= 0.6 is 11.6 Å². The highest BCUT2D eigenvalue weighted by molar-refractivity contribution is 6.32. The van der Waals surface area contributed by atoms with E-state index >= 15 is 0 Å². The van der Waals surface area contributed by atoms with Crippen LogP contribution in [0.3, 0.4) is 0 Å². The number of hydrogen-bond donors (Lipinski definition) is 2. The van der Waals surface area contributed by atoms with Gasteiger partial charge in [0.05, 0.1) is 24.0 Å². The van der Waals surface area contributed by atoms with Crippen molar-refractivity contribution in [3.05, 3.63) is 47.6 Å². The molecule has 0 radical (unpaired) electrons. The second kappa shape index (κ2) is 7.71. The van der Waals surface area contributed by atoms with E-state index in [2.05, 4.69) is 10.3 Å². The van der Waals surface area contributed by atoms with Gasteiger partial charge in [0.25, 0.3) is 0 Å². The minimum absolute atomic E-state index is 0.153. The lowest BCUT2D eigenvalue weighted by Crippen LogP contribution is -2.26. The van der Waals surface area contributed by atoms with E-state index in [0.29, 0.717) is 23.2 Å². The maximum atomic E-state index is 9.89. The highest BCUT2D eigenvalue weighted by atomic mass is 35.5. The quantitative estimate of drug-likeness (QED) is 0.823. The minimum atomic E-state index is -0.664. The number of aliphatic hydroxyl groups is 1. The summed E-state index contributed by atoms with van der Waals surface area (Å²) in [6, 6.07) is 10.7. The normalized spacial score (nSPS) is 11.8.